The highest BCUT2D eigenvalue weighted by Gasteiger charge is 2.18. The molecule has 84 valence electrons. The maximum absolute atomic E-state index is 5.37. The number of rotatable bonds is 6. The Balaban J connectivity index is 2.12. The van der Waals surface area contributed by atoms with Gasteiger partial charge in [0.05, 0.1) is 6.61 Å². The molecule has 14 heavy (non-hydrogen) atoms. The highest BCUT2D eigenvalue weighted by molar-refractivity contribution is 4.73. The molecule has 0 aromatic heterocycles. The molecule has 0 bridgehead atoms. The fourth-order valence-corrected chi connectivity index (χ4v) is 2.15. The first-order chi connectivity index (χ1) is 6.86. The van der Waals surface area contributed by atoms with Gasteiger partial charge in [0.15, 0.2) is 0 Å². The second kappa shape index (κ2) is 7.21. The van der Waals surface area contributed by atoms with Crippen LogP contribution in [0.1, 0.15) is 19.8 Å². The van der Waals surface area contributed by atoms with Crippen molar-refractivity contribution in [2.45, 2.75) is 19.8 Å². The minimum Gasteiger partial charge on any atom is -0.380 e. The van der Waals surface area contributed by atoms with E-state index < -0.39 is 0 Å². The summed E-state index contributed by atoms with van der Waals surface area (Å²) in [5.41, 5.74) is 0. The van der Waals surface area contributed by atoms with Gasteiger partial charge in [0, 0.05) is 19.7 Å². The van der Waals surface area contributed by atoms with E-state index in [4.69, 9.17) is 4.74 Å². The Bertz CT molecular complexity index is 139. The molecule has 1 rings (SSSR count). The molecule has 1 heterocycles. The van der Waals surface area contributed by atoms with Crippen molar-refractivity contribution < 1.29 is 4.74 Å². The van der Waals surface area contributed by atoms with Crippen molar-refractivity contribution in [1.82, 2.24) is 10.2 Å². The molecule has 0 aromatic carbocycles. The average molecular weight is 200 g/mol. The summed E-state index contributed by atoms with van der Waals surface area (Å²) < 4.78 is 5.37. The minimum absolute atomic E-state index is 0.841. The summed E-state index contributed by atoms with van der Waals surface area (Å²) in [4.78, 5) is 2.53. The molecular formula is C11H24N2O. The Hall–Kier alpha value is -0.120. The number of nitrogens with zero attached hydrogens (tertiary/aromatic N) is 1. The van der Waals surface area contributed by atoms with Crippen LogP contribution in [-0.4, -0.2) is 51.3 Å². The summed E-state index contributed by atoms with van der Waals surface area (Å²) in [5.74, 6) is 0.843. The first-order valence-electron chi connectivity index (χ1n) is 5.81. The molecule has 0 aliphatic carbocycles. The van der Waals surface area contributed by atoms with Crippen molar-refractivity contribution in [1.29, 1.82) is 0 Å². The predicted octanol–water partition coefficient (Wildman–Crippen LogP) is 0.954. The zero-order valence-corrected chi connectivity index (χ0v) is 9.59. The van der Waals surface area contributed by atoms with E-state index in [1.54, 1.807) is 0 Å². The Kier molecular flexibility index (Phi) is 6.15. The van der Waals surface area contributed by atoms with Gasteiger partial charge in [-0.1, -0.05) is 0 Å². The van der Waals surface area contributed by atoms with Crippen LogP contribution in [0.4, 0.5) is 0 Å². The van der Waals surface area contributed by atoms with E-state index in [1.807, 2.05) is 7.05 Å². The van der Waals surface area contributed by atoms with Gasteiger partial charge >= 0.3 is 0 Å². The molecule has 0 amide bonds. The Labute approximate surface area is 87.8 Å². The number of hydrogen-bond acceptors (Lipinski definition) is 3. The third-order valence-electron chi connectivity index (χ3n) is 2.85. The third-order valence-corrected chi connectivity index (χ3v) is 2.85. The lowest BCUT2D eigenvalue weighted by molar-refractivity contribution is 0.0919. The molecule has 0 radical (unpaired) electrons. The molecule has 3 nitrogen and oxygen atoms in total. The largest absolute Gasteiger partial charge is 0.380 e. The monoisotopic (exact) mass is 200 g/mol. The van der Waals surface area contributed by atoms with Crippen LogP contribution in [-0.2, 0) is 4.74 Å². The van der Waals surface area contributed by atoms with E-state index in [0.29, 0.717) is 0 Å². The van der Waals surface area contributed by atoms with Crippen molar-refractivity contribution in [2.75, 3.05) is 46.4 Å². The second-order valence-corrected chi connectivity index (χ2v) is 4.06. The van der Waals surface area contributed by atoms with E-state index >= 15 is 0 Å². The highest BCUT2D eigenvalue weighted by atomic mass is 16.5. The van der Waals surface area contributed by atoms with Gasteiger partial charge < -0.3 is 15.0 Å². The first-order valence-corrected chi connectivity index (χ1v) is 5.81. The Morgan fingerprint density at radius 1 is 1.50 bits per heavy atom. The normalized spacial score (nSPS) is 24.0. The minimum atomic E-state index is 0.841. The summed E-state index contributed by atoms with van der Waals surface area (Å²) in [5, 5.41) is 3.27. The summed E-state index contributed by atoms with van der Waals surface area (Å²) in [6, 6.07) is 0. The molecule has 1 saturated heterocycles. The summed E-state index contributed by atoms with van der Waals surface area (Å²) in [7, 11) is 2.04. The summed E-state index contributed by atoms with van der Waals surface area (Å²) in [6.45, 7) is 8.55. The molecule has 1 fully saturated rings. The van der Waals surface area contributed by atoms with Crippen molar-refractivity contribution in [2.24, 2.45) is 5.92 Å². The third kappa shape index (κ3) is 4.40. The maximum atomic E-state index is 5.37. The van der Waals surface area contributed by atoms with Crippen LogP contribution in [0, 0.1) is 5.92 Å². The fourth-order valence-electron chi connectivity index (χ4n) is 2.15. The number of piperidine rings is 1. The highest BCUT2D eigenvalue weighted by Crippen LogP contribution is 2.14. The fraction of sp³-hybridized carbons (Fsp3) is 1.00. The standard InChI is InChI=1S/C11H24N2O/c1-3-14-8-7-13-6-4-5-11(10-13)9-12-2/h11-12H,3-10H2,1-2H3. The van der Waals surface area contributed by atoms with Crippen molar-refractivity contribution in [3.05, 3.63) is 0 Å². The second-order valence-electron chi connectivity index (χ2n) is 4.06. The van der Waals surface area contributed by atoms with Gasteiger partial charge in [0.2, 0.25) is 0 Å². The lowest BCUT2D eigenvalue weighted by atomic mass is 9.98. The molecule has 1 unspecified atom stereocenters. The number of ether oxygens (including phenoxy) is 1. The van der Waals surface area contributed by atoms with E-state index in [9.17, 15) is 0 Å². The van der Waals surface area contributed by atoms with Gasteiger partial charge in [-0.2, -0.15) is 0 Å². The molecule has 1 aliphatic heterocycles. The quantitative estimate of drug-likeness (QED) is 0.646. The topological polar surface area (TPSA) is 24.5 Å². The van der Waals surface area contributed by atoms with Crippen LogP contribution in [0.25, 0.3) is 0 Å². The molecule has 0 spiro atoms. The molecule has 0 aromatic rings. The molecular weight excluding hydrogens is 176 g/mol. The van der Waals surface area contributed by atoms with Gasteiger partial charge in [0.1, 0.15) is 0 Å². The maximum Gasteiger partial charge on any atom is 0.0593 e. The van der Waals surface area contributed by atoms with Crippen LogP contribution < -0.4 is 5.32 Å². The molecule has 3 heteroatoms. The molecule has 0 saturated carbocycles. The zero-order valence-electron chi connectivity index (χ0n) is 9.59. The van der Waals surface area contributed by atoms with E-state index in [1.165, 1.54) is 25.9 Å². The van der Waals surface area contributed by atoms with Crippen LogP contribution in [0.3, 0.4) is 0 Å². The van der Waals surface area contributed by atoms with E-state index in [0.717, 1.165) is 32.2 Å². The van der Waals surface area contributed by atoms with Gasteiger partial charge in [-0.15, -0.1) is 0 Å². The Morgan fingerprint density at radius 3 is 3.07 bits per heavy atom. The molecule has 1 atom stereocenters. The van der Waals surface area contributed by atoms with Crippen LogP contribution in [0.5, 0.6) is 0 Å². The molecule has 1 aliphatic rings. The van der Waals surface area contributed by atoms with Crippen LogP contribution in [0.15, 0.2) is 0 Å². The van der Waals surface area contributed by atoms with Crippen molar-refractivity contribution in [3.8, 4) is 0 Å². The van der Waals surface area contributed by atoms with E-state index in [2.05, 4.69) is 17.1 Å². The summed E-state index contributed by atoms with van der Waals surface area (Å²) in [6.07, 6.45) is 2.73. The number of nitrogens with one attached hydrogen (secondary N) is 1. The SMILES string of the molecule is CCOCCN1CCCC(CNC)C1. The summed E-state index contributed by atoms with van der Waals surface area (Å²) >= 11 is 0. The Morgan fingerprint density at radius 2 is 2.36 bits per heavy atom. The van der Waals surface area contributed by atoms with Crippen LogP contribution in [0.2, 0.25) is 0 Å². The van der Waals surface area contributed by atoms with Gasteiger partial charge in [0.25, 0.3) is 0 Å². The van der Waals surface area contributed by atoms with Gasteiger partial charge in [-0.3, -0.25) is 0 Å². The zero-order chi connectivity index (χ0) is 10.2. The predicted molar refractivity (Wildman–Crippen MR) is 59.6 cm³/mol. The van der Waals surface area contributed by atoms with Gasteiger partial charge in [-0.25, -0.2) is 0 Å². The van der Waals surface area contributed by atoms with Crippen molar-refractivity contribution in [3.63, 3.8) is 0 Å². The smallest absolute Gasteiger partial charge is 0.0593 e. The first kappa shape index (κ1) is 12.0. The lowest BCUT2D eigenvalue weighted by Gasteiger charge is -2.32. The average Bonchev–Trinajstić information content (AvgIpc) is 2.19. The van der Waals surface area contributed by atoms with E-state index in [-0.39, 0.29) is 0 Å². The van der Waals surface area contributed by atoms with Crippen molar-refractivity contribution >= 4 is 0 Å². The number of likely N-dealkylation sites (tertiary alicyclic amines) is 1. The van der Waals surface area contributed by atoms with Gasteiger partial charge in [-0.05, 0) is 45.8 Å². The van der Waals surface area contributed by atoms with Crippen LogP contribution >= 0.6 is 0 Å². The number of hydrogen-bond donors (Lipinski definition) is 1. The molecule has 1 N–H and O–H groups in total. The lowest BCUT2D eigenvalue weighted by Crippen LogP contribution is -2.40.